The maximum Gasteiger partial charge on any atom is 0.243 e. The molecule has 0 saturated carbocycles. The number of hydrogen-bond acceptors (Lipinski definition) is 2. The third-order valence-electron chi connectivity index (χ3n) is 3.27. The van der Waals surface area contributed by atoms with E-state index < -0.39 is 29.0 Å². The number of rotatable bonds is 4. The van der Waals surface area contributed by atoms with Gasteiger partial charge in [0.15, 0.2) is 17.5 Å². The number of amides is 1. The van der Waals surface area contributed by atoms with Gasteiger partial charge in [0.05, 0.1) is 12.2 Å². The highest BCUT2D eigenvalue weighted by molar-refractivity contribution is 5.93. The summed E-state index contributed by atoms with van der Waals surface area (Å²) in [4.78, 5) is 11.7. The molecule has 0 bridgehead atoms. The Morgan fingerprint density at radius 3 is 2.41 bits per heavy atom. The van der Waals surface area contributed by atoms with Crippen LogP contribution >= 0.6 is 0 Å². The minimum absolute atomic E-state index is 0.124. The van der Waals surface area contributed by atoms with E-state index in [1.54, 1.807) is 0 Å². The number of halogens is 3. The van der Waals surface area contributed by atoms with E-state index in [0.717, 1.165) is 28.9 Å². The number of anilines is 2. The van der Waals surface area contributed by atoms with Crippen molar-refractivity contribution < 1.29 is 18.0 Å². The third-order valence-corrected chi connectivity index (χ3v) is 3.27. The highest BCUT2D eigenvalue weighted by Crippen LogP contribution is 2.19. The minimum Gasteiger partial charge on any atom is -0.376 e. The third kappa shape index (κ3) is 3.58. The van der Waals surface area contributed by atoms with E-state index in [9.17, 15) is 18.0 Å². The van der Waals surface area contributed by atoms with E-state index in [1.807, 2.05) is 32.0 Å². The first-order valence-corrected chi connectivity index (χ1v) is 6.63. The van der Waals surface area contributed by atoms with Crippen LogP contribution in [0.15, 0.2) is 30.3 Å². The first kappa shape index (κ1) is 15.9. The Labute approximate surface area is 126 Å². The first-order chi connectivity index (χ1) is 10.4. The van der Waals surface area contributed by atoms with Crippen molar-refractivity contribution in [2.45, 2.75) is 13.8 Å². The summed E-state index contributed by atoms with van der Waals surface area (Å²) < 4.78 is 39.3. The predicted molar refractivity (Wildman–Crippen MR) is 79.4 cm³/mol. The summed E-state index contributed by atoms with van der Waals surface area (Å²) in [7, 11) is 0. The second-order valence-corrected chi connectivity index (χ2v) is 4.92. The van der Waals surface area contributed by atoms with Crippen molar-refractivity contribution in [1.82, 2.24) is 0 Å². The Hall–Kier alpha value is -2.50. The Morgan fingerprint density at radius 1 is 1.00 bits per heavy atom. The molecule has 2 N–H and O–H groups in total. The van der Waals surface area contributed by atoms with Crippen LogP contribution in [0.3, 0.4) is 0 Å². The second kappa shape index (κ2) is 6.51. The summed E-state index contributed by atoms with van der Waals surface area (Å²) in [6.07, 6.45) is 0. The van der Waals surface area contributed by atoms with Crippen LogP contribution < -0.4 is 10.6 Å². The summed E-state index contributed by atoms with van der Waals surface area (Å²) in [5.74, 6) is -4.90. The molecule has 0 aliphatic rings. The lowest BCUT2D eigenvalue weighted by Crippen LogP contribution is -2.22. The van der Waals surface area contributed by atoms with Gasteiger partial charge in [-0.25, -0.2) is 13.2 Å². The van der Waals surface area contributed by atoms with Crippen LogP contribution in [-0.2, 0) is 4.79 Å². The average molecular weight is 308 g/mol. The number of carbonyl (C=O) groups is 1. The van der Waals surface area contributed by atoms with E-state index in [1.165, 1.54) is 0 Å². The average Bonchev–Trinajstić information content (AvgIpc) is 2.49. The summed E-state index contributed by atoms with van der Waals surface area (Å²) >= 11 is 0. The number of nitrogens with one attached hydrogen (secondary N) is 2. The van der Waals surface area contributed by atoms with Crippen molar-refractivity contribution in [1.29, 1.82) is 0 Å². The predicted octanol–water partition coefficient (Wildman–Crippen LogP) is 3.77. The fraction of sp³-hybridized carbons (Fsp3) is 0.188. The molecule has 0 fully saturated rings. The van der Waals surface area contributed by atoms with Crippen molar-refractivity contribution in [2.75, 3.05) is 17.2 Å². The van der Waals surface area contributed by atoms with Gasteiger partial charge in [0, 0.05) is 5.69 Å². The highest BCUT2D eigenvalue weighted by atomic mass is 19.2. The number of aryl methyl sites for hydroxylation is 2. The number of benzene rings is 2. The quantitative estimate of drug-likeness (QED) is 0.844. The van der Waals surface area contributed by atoms with Gasteiger partial charge in [-0.15, -0.1) is 0 Å². The molecule has 6 heteroatoms. The topological polar surface area (TPSA) is 41.1 Å². The molecule has 2 rings (SSSR count). The van der Waals surface area contributed by atoms with Crippen LogP contribution in [0.1, 0.15) is 11.1 Å². The van der Waals surface area contributed by atoms with Crippen molar-refractivity contribution in [3.63, 3.8) is 0 Å². The van der Waals surface area contributed by atoms with Gasteiger partial charge in [-0.1, -0.05) is 6.07 Å². The van der Waals surface area contributed by atoms with Gasteiger partial charge in [-0.3, -0.25) is 4.79 Å². The molecule has 0 atom stereocenters. The maximum absolute atomic E-state index is 13.4. The van der Waals surface area contributed by atoms with Crippen molar-refractivity contribution >= 4 is 17.3 Å². The molecular weight excluding hydrogens is 293 g/mol. The number of hydrogen-bond donors (Lipinski definition) is 2. The van der Waals surface area contributed by atoms with E-state index in [0.29, 0.717) is 0 Å². The van der Waals surface area contributed by atoms with Gasteiger partial charge < -0.3 is 10.6 Å². The molecule has 3 nitrogen and oxygen atoms in total. The van der Waals surface area contributed by atoms with Gasteiger partial charge in [0.25, 0.3) is 0 Å². The van der Waals surface area contributed by atoms with Crippen molar-refractivity contribution in [3.05, 3.63) is 58.9 Å². The lowest BCUT2D eigenvalue weighted by Gasteiger charge is -2.10. The van der Waals surface area contributed by atoms with Crippen LogP contribution in [0, 0.1) is 31.3 Å². The monoisotopic (exact) mass is 308 g/mol. The normalized spacial score (nSPS) is 10.4. The van der Waals surface area contributed by atoms with E-state index >= 15 is 0 Å². The van der Waals surface area contributed by atoms with Crippen LogP contribution in [-0.4, -0.2) is 12.5 Å². The SMILES string of the molecule is Cc1ccc(NCC(=O)Nc2ccc(F)c(F)c2F)cc1C. The lowest BCUT2D eigenvalue weighted by atomic mass is 10.1. The molecular formula is C16H15F3N2O. The maximum atomic E-state index is 13.4. The minimum atomic E-state index is -1.61. The van der Waals surface area contributed by atoms with E-state index in [4.69, 9.17) is 0 Å². The molecule has 0 heterocycles. The molecule has 0 aliphatic heterocycles. The summed E-state index contributed by atoms with van der Waals surface area (Å²) in [6.45, 7) is 3.79. The molecule has 22 heavy (non-hydrogen) atoms. The largest absolute Gasteiger partial charge is 0.376 e. The van der Waals surface area contributed by atoms with Crippen molar-refractivity contribution in [2.24, 2.45) is 0 Å². The molecule has 0 aliphatic carbocycles. The summed E-state index contributed by atoms with van der Waals surface area (Å²) in [6, 6.07) is 7.32. The fourth-order valence-corrected chi connectivity index (χ4v) is 1.85. The van der Waals surface area contributed by atoms with E-state index in [2.05, 4.69) is 10.6 Å². The Bertz CT molecular complexity index is 717. The Balaban J connectivity index is 1.99. The Morgan fingerprint density at radius 2 is 1.73 bits per heavy atom. The molecule has 1 amide bonds. The highest BCUT2D eigenvalue weighted by Gasteiger charge is 2.15. The summed E-state index contributed by atoms with van der Waals surface area (Å²) in [5.41, 5.74) is 2.53. The molecule has 0 aromatic heterocycles. The first-order valence-electron chi connectivity index (χ1n) is 6.63. The molecule has 0 saturated heterocycles. The Kier molecular flexibility index (Phi) is 4.70. The standard InChI is InChI=1S/C16H15F3N2O/c1-9-3-4-11(7-10(9)2)20-8-14(22)21-13-6-5-12(17)15(18)16(13)19/h3-7,20H,8H2,1-2H3,(H,21,22). The van der Waals surface area contributed by atoms with Gasteiger partial charge >= 0.3 is 0 Å². The zero-order valence-electron chi connectivity index (χ0n) is 12.1. The second-order valence-electron chi connectivity index (χ2n) is 4.92. The van der Waals surface area contributed by atoms with E-state index in [-0.39, 0.29) is 6.54 Å². The van der Waals surface area contributed by atoms with Crippen molar-refractivity contribution in [3.8, 4) is 0 Å². The molecule has 2 aromatic carbocycles. The molecule has 0 unspecified atom stereocenters. The molecule has 116 valence electrons. The lowest BCUT2D eigenvalue weighted by molar-refractivity contribution is -0.114. The van der Waals surface area contributed by atoms with Gasteiger partial charge in [-0.05, 0) is 49.2 Å². The van der Waals surface area contributed by atoms with Crippen LogP contribution in [0.4, 0.5) is 24.5 Å². The van der Waals surface area contributed by atoms with Gasteiger partial charge in [-0.2, -0.15) is 0 Å². The van der Waals surface area contributed by atoms with Gasteiger partial charge in [0.1, 0.15) is 0 Å². The van der Waals surface area contributed by atoms with Crippen LogP contribution in [0.2, 0.25) is 0 Å². The summed E-state index contributed by atoms with van der Waals surface area (Å²) in [5, 5.41) is 5.07. The molecule has 0 radical (unpaired) electrons. The van der Waals surface area contributed by atoms with Crippen LogP contribution in [0.25, 0.3) is 0 Å². The smallest absolute Gasteiger partial charge is 0.243 e. The zero-order valence-corrected chi connectivity index (χ0v) is 12.1. The molecule has 0 spiro atoms. The fourth-order valence-electron chi connectivity index (χ4n) is 1.85. The van der Waals surface area contributed by atoms with Gasteiger partial charge in [0.2, 0.25) is 5.91 Å². The molecule has 2 aromatic rings. The van der Waals surface area contributed by atoms with Crippen LogP contribution in [0.5, 0.6) is 0 Å². The number of carbonyl (C=O) groups excluding carboxylic acids is 1. The zero-order chi connectivity index (χ0) is 16.3.